The standard InChI is InChI=1S/C23H29N5O3/c1-14-11-18(19-15(2)26-28(7)20(19)24-14)21(29)25-17-10-8-9-16(12-17)13-27(6)22(30)31-23(3,4)5/h8-12H,13H2,1-7H3,(H,25,29). The monoisotopic (exact) mass is 423 g/mol. The average Bonchev–Trinajstić information content (AvgIpc) is 2.93. The fourth-order valence-corrected chi connectivity index (χ4v) is 3.37. The maximum Gasteiger partial charge on any atom is 0.410 e. The van der Waals surface area contributed by atoms with E-state index < -0.39 is 11.7 Å². The number of aryl methyl sites for hydroxylation is 3. The molecule has 0 unspecified atom stereocenters. The maximum atomic E-state index is 13.1. The van der Waals surface area contributed by atoms with Crippen LogP contribution >= 0.6 is 0 Å². The zero-order valence-electron chi connectivity index (χ0n) is 19.1. The van der Waals surface area contributed by atoms with Crippen LogP contribution in [0, 0.1) is 13.8 Å². The molecule has 0 saturated carbocycles. The van der Waals surface area contributed by atoms with Crippen molar-refractivity contribution < 1.29 is 14.3 Å². The van der Waals surface area contributed by atoms with Crippen molar-refractivity contribution in [1.82, 2.24) is 19.7 Å². The lowest BCUT2D eigenvalue weighted by molar-refractivity contribution is 0.0285. The van der Waals surface area contributed by atoms with Gasteiger partial charge < -0.3 is 15.0 Å². The van der Waals surface area contributed by atoms with Gasteiger partial charge in [0, 0.05) is 32.0 Å². The van der Waals surface area contributed by atoms with Crippen molar-refractivity contribution in [3.63, 3.8) is 0 Å². The minimum absolute atomic E-state index is 0.232. The predicted octanol–water partition coefficient (Wildman–Crippen LogP) is 4.20. The number of nitrogens with zero attached hydrogens (tertiary/aromatic N) is 4. The van der Waals surface area contributed by atoms with Crippen LogP contribution in [0.5, 0.6) is 0 Å². The third kappa shape index (κ3) is 5.20. The first-order valence-electron chi connectivity index (χ1n) is 10.1. The summed E-state index contributed by atoms with van der Waals surface area (Å²) in [5.41, 5.74) is 3.67. The summed E-state index contributed by atoms with van der Waals surface area (Å²) < 4.78 is 7.08. The highest BCUT2D eigenvalue weighted by Crippen LogP contribution is 2.23. The van der Waals surface area contributed by atoms with Gasteiger partial charge in [-0.05, 0) is 58.4 Å². The van der Waals surface area contributed by atoms with E-state index in [0.717, 1.165) is 22.3 Å². The molecule has 8 nitrogen and oxygen atoms in total. The largest absolute Gasteiger partial charge is 0.444 e. The number of carbonyl (C=O) groups excluding carboxylic acids is 2. The van der Waals surface area contributed by atoms with Crippen LogP contribution in [0.25, 0.3) is 11.0 Å². The minimum atomic E-state index is -0.556. The highest BCUT2D eigenvalue weighted by molar-refractivity contribution is 6.12. The lowest BCUT2D eigenvalue weighted by Gasteiger charge is -2.24. The Morgan fingerprint density at radius 1 is 1.19 bits per heavy atom. The summed E-state index contributed by atoms with van der Waals surface area (Å²) >= 11 is 0. The van der Waals surface area contributed by atoms with Crippen molar-refractivity contribution in [3.05, 3.63) is 52.8 Å². The highest BCUT2D eigenvalue weighted by atomic mass is 16.6. The second kappa shape index (κ2) is 8.37. The van der Waals surface area contributed by atoms with E-state index in [-0.39, 0.29) is 5.91 Å². The normalized spacial score (nSPS) is 11.5. The number of hydrogen-bond donors (Lipinski definition) is 1. The molecule has 31 heavy (non-hydrogen) atoms. The molecule has 0 aliphatic rings. The molecule has 2 heterocycles. The molecule has 0 atom stereocenters. The van der Waals surface area contributed by atoms with Gasteiger partial charge in [0.05, 0.1) is 16.6 Å². The molecule has 164 valence electrons. The smallest absolute Gasteiger partial charge is 0.410 e. The van der Waals surface area contributed by atoms with Crippen molar-refractivity contribution in [3.8, 4) is 0 Å². The van der Waals surface area contributed by atoms with E-state index in [1.807, 2.05) is 65.9 Å². The number of amides is 2. The Labute approximate surface area is 182 Å². The van der Waals surface area contributed by atoms with Gasteiger partial charge in [-0.15, -0.1) is 0 Å². The summed E-state index contributed by atoms with van der Waals surface area (Å²) in [5, 5.41) is 8.09. The van der Waals surface area contributed by atoms with Gasteiger partial charge in [0.25, 0.3) is 5.91 Å². The van der Waals surface area contributed by atoms with E-state index in [1.54, 1.807) is 17.8 Å². The number of benzene rings is 1. The van der Waals surface area contributed by atoms with E-state index >= 15 is 0 Å². The molecular weight excluding hydrogens is 394 g/mol. The second-order valence-corrected chi connectivity index (χ2v) is 8.71. The highest BCUT2D eigenvalue weighted by Gasteiger charge is 2.20. The molecule has 2 aromatic heterocycles. The van der Waals surface area contributed by atoms with Crippen molar-refractivity contribution >= 4 is 28.7 Å². The van der Waals surface area contributed by atoms with E-state index in [1.165, 1.54) is 4.90 Å². The van der Waals surface area contributed by atoms with Crippen LogP contribution in [0.15, 0.2) is 30.3 Å². The molecule has 0 bridgehead atoms. The van der Waals surface area contributed by atoms with E-state index in [4.69, 9.17) is 4.74 Å². The molecule has 0 aliphatic heterocycles. The number of ether oxygens (including phenoxy) is 1. The van der Waals surface area contributed by atoms with Gasteiger partial charge >= 0.3 is 6.09 Å². The van der Waals surface area contributed by atoms with Crippen LogP contribution in [-0.2, 0) is 18.3 Å². The Hall–Kier alpha value is -3.42. The molecule has 1 N–H and O–H groups in total. The number of hydrogen-bond acceptors (Lipinski definition) is 5. The third-order valence-corrected chi connectivity index (χ3v) is 4.65. The van der Waals surface area contributed by atoms with E-state index in [0.29, 0.717) is 23.4 Å². The van der Waals surface area contributed by atoms with Gasteiger partial charge in [-0.25, -0.2) is 9.78 Å². The number of anilines is 1. The number of nitrogens with one attached hydrogen (secondary N) is 1. The third-order valence-electron chi connectivity index (χ3n) is 4.65. The Morgan fingerprint density at radius 3 is 2.58 bits per heavy atom. The number of pyridine rings is 1. The first kappa shape index (κ1) is 22.3. The zero-order chi connectivity index (χ0) is 22.9. The average molecular weight is 424 g/mol. The van der Waals surface area contributed by atoms with Crippen LogP contribution < -0.4 is 5.32 Å². The SMILES string of the molecule is Cc1cc(C(=O)Nc2cccc(CN(C)C(=O)OC(C)(C)C)c2)c2c(C)nn(C)c2n1. The summed E-state index contributed by atoms with van der Waals surface area (Å²) in [4.78, 5) is 31.3. The van der Waals surface area contributed by atoms with Crippen molar-refractivity contribution in [1.29, 1.82) is 0 Å². The first-order valence-corrected chi connectivity index (χ1v) is 10.1. The molecule has 3 rings (SSSR count). The molecule has 0 fully saturated rings. The molecule has 3 aromatic rings. The quantitative estimate of drug-likeness (QED) is 0.679. The molecular formula is C23H29N5O3. The van der Waals surface area contributed by atoms with Gasteiger partial charge in [0.1, 0.15) is 5.60 Å². The molecule has 0 spiro atoms. The summed E-state index contributed by atoms with van der Waals surface area (Å²) in [6.07, 6.45) is -0.399. The second-order valence-electron chi connectivity index (χ2n) is 8.71. The molecule has 1 aromatic carbocycles. The van der Waals surface area contributed by atoms with Gasteiger partial charge in [-0.1, -0.05) is 12.1 Å². The van der Waals surface area contributed by atoms with Gasteiger partial charge in [-0.2, -0.15) is 5.10 Å². The van der Waals surface area contributed by atoms with Crippen LogP contribution in [0.4, 0.5) is 10.5 Å². The molecule has 0 saturated heterocycles. The Bertz CT molecular complexity index is 1140. The van der Waals surface area contributed by atoms with E-state index in [9.17, 15) is 9.59 Å². The Kier molecular flexibility index (Phi) is 6.01. The number of rotatable bonds is 4. The van der Waals surface area contributed by atoms with Crippen molar-refractivity contribution in [2.75, 3.05) is 12.4 Å². The molecule has 0 aliphatic carbocycles. The number of fused-ring (bicyclic) bond motifs is 1. The van der Waals surface area contributed by atoms with Crippen molar-refractivity contribution in [2.45, 2.75) is 46.8 Å². The summed E-state index contributed by atoms with van der Waals surface area (Å²) in [6, 6.07) is 9.18. The number of carbonyl (C=O) groups is 2. The topological polar surface area (TPSA) is 89.4 Å². The summed E-state index contributed by atoms with van der Waals surface area (Å²) in [6.45, 7) is 9.57. The lowest BCUT2D eigenvalue weighted by Crippen LogP contribution is -2.33. The van der Waals surface area contributed by atoms with Gasteiger partial charge in [0.15, 0.2) is 5.65 Å². The van der Waals surface area contributed by atoms with Gasteiger partial charge in [-0.3, -0.25) is 9.48 Å². The van der Waals surface area contributed by atoms with E-state index in [2.05, 4.69) is 15.4 Å². The zero-order valence-corrected chi connectivity index (χ0v) is 19.1. The van der Waals surface area contributed by atoms with Crippen LogP contribution in [0.2, 0.25) is 0 Å². The van der Waals surface area contributed by atoms with Crippen molar-refractivity contribution in [2.24, 2.45) is 7.05 Å². The molecule has 8 heteroatoms. The summed E-state index contributed by atoms with van der Waals surface area (Å²) in [7, 11) is 3.50. The lowest BCUT2D eigenvalue weighted by atomic mass is 10.1. The predicted molar refractivity (Wildman–Crippen MR) is 120 cm³/mol. The van der Waals surface area contributed by atoms with Crippen LogP contribution in [-0.4, -0.2) is 44.3 Å². The maximum absolute atomic E-state index is 13.1. The molecule has 0 radical (unpaired) electrons. The fraction of sp³-hybridized carbons (Fsp3) is 0.391. The fourth-order valence-electron chi connectivity index (χ4n) is 3.37. The van der Waals surface area contributed by atoms with Gasteiger partial charge in [0.2, 0.25) is 0 Å². The Balaban J connectivity index is 1.80. The summed E-state index contributed by atoms with van der Waals surface area (Å²) in [5.74, 6) is -0.232. The first-order chi connectivity index (χ1) is 14.4. The van der Waals surface area contributed by atoms with Crippen LogP contribution in [0.1, 0.15) is 48.1 Å². The van der Waals surface area contributed by atoms with Crippen LogP contribution in [0.3, 0.4) is 0 Å². The minimum Gasteiger partial charge on any atom is -0.444 e. The number of aromatic nitrogens is 3. The Morgan fingerprint density at radius 2 is 1.90 bits per heavy atom. The molecule has 2 amide bonds.